The summed E-state index contributed by atoms with van der Waals surface area (Å²) in [5.74, 6) is -0.123. The van der Waals surface area contributed by atoms with Crippen LogP contribution in [0.1, 0.15) is 5.69 Å². The Balaban J connectivity index is 2.05. The molecule has 4 heteroatoms. The summed E-state index contributed by atoms with van der Waals surface area (Å²) < 4.78 is 19.5. The van der Waals surface area contributed by atoms with Crippen LogP contribution in [-0.4, -0.2) is 4.98 Å². The molecule has 1 aromatic carbocycles. The lowest BCUT2D eigenvalue weighted by Gasteiger charge is -2.06. The molecule has 2 nitrogen and oxygen atoms in total. The van der Waals surface area contributed by atoms with Gasteiger partial charge in [0.15, 0.2) is 11.6 Å². The summed E-state index contributed by atoms with van der Waals surface area (Å²) in [5, 5.41) is 0. The smallest absolute Gasteiger partial charge is 0.165 e. The van der Waals surface area contributed by atoms with Crippen LogP contribution in [-0.2, 0) is 6.61 Å². The van der Waals surface area contributed by atoms with Gasteiger partial charge in [-0.1, -0.05) is 28.1 Å². The Kier molecular flexibility index (Phi) is 3.51. The van der Waals surface area contributed by atoms with E-state index in [1.807, 2.05) is 12.1 Å². The number of ether oxygens (including phenoxy) is 1. The first kappa shape index (κ1) is 11.1. The molecule has 0 atom stereocenters. The van der Waals surface area contributed by atoms with E-state index in [9.17, 15) is 4.39 Å². The zero-order valence-electron chi connectivity index (χ0n) is 8.36. The molecule has 0 N–H and O–H groups in total. The minimum atomic E-state index is -0.363. The number of benzene rings is 1. The Morgan fingerprint density at radius 1 is 1.25 bits per heavy atom. The van der Waals surface area contributed by atoms with E-state index in [0.29, 0.717) is 0 Å². The normalized spacial score (nSPS) is 10.1. The summed E-state index contributed by atoms with van der Waals surface area (Å²) in [7, 11) is 0. The Morgan fingerprint density at radius 2 is 2.06 bits per heavy atom. The topological polar surface area (TPSA) is 22.1 Å². The highest BCUT2D eigenvalue weighted by Crippen LogP contribution is 2.17. The van der Waals surface area contributed by atoms with E-state index in [0.717, 1.165) is 10.2 Å². The third kappa shape index (κ3) is 2.79. The molecule has 2 aromatic rings. The summed E-state index contributed by atoms with van der Waals surface area (Å²) in [4.78, 5) is 4.11. The number of pyridine rings is 1. The predicted molar refractivity (Wildman–Crippen MR) is 62.7 cm³/mol. The number of hydrogen-bond acceptors (Lipinski definition) is 2. The zero-order chi connectivity index (χ0) is 11.4. The lowest BCUT2D eigenvalue weighted by molar-refractivity contribution is 0.286. The minimum Gasteiger partial charge on any atom is -0.484 e. The van der Waals surface area contributed by atoms with Crippen molar-refractivity contribution in [2.45, 2.75) is 6.61 Å². The van der Waals surface area contributed by atoms with Crippen molar-refractivity contribution in [2.24, 2.45) is 0 Å². The molecule has 0 fully saturated rings. The molecule has 0 unspecified atom stereocenters. The van der Waals surface area contributed by atoms with Crippen molar-refractivity contribution >= 4 is 15.9 Å². The van der Waals surface area contributed by atoms with Crippen LogP contribution in [0.3, 0.4) is 0 Å². The summed E-state index contributed by atoms with van der Waals surface area (Å²) in [6.45, 7) is 0.250. The Labute approximate surface area is 101 Å². The molecule has 0 bridgehead atoms. The highest BCUT2D eigenvalue weighted by atomic mass is 79.9. The van der Waals surface area contributed by atoms with Gasteiger partial charge in [0.2, 0.25) is 0 Å². The first-order valence-electron chi connectivity index (χ1n) is 4.73. The van der Waals surface area contributed by atoms with E-state index < -0.39 is 0 Å². The maximum Gasteiger partial charge on any atom is 0.165 e. The van der Waals surface area contributed by atoms with Crippen molar-refractivity contribution in [3.05, 3.63) is 58.6 Å². The van der Waals surface area contributed by atoms with Gasteiger partial charge in [0.1, 0.15) is 6.61 Å². The highest BCUT2D eigenvalue weighted by Gasteiger charge is 2.02. The number of nitrogens with zero attached hydrogens (tertiary/aromatic N) is 1. The molecule has 0 amide bonds. The van der Waals surface area contributed by atoms with Crippen LogP contribution in [0.15, 0.2) is 47.1 Å². The van der Waals surface area contributed by atoms with E-state index in [2.05, 4.69) is 20.9 Å². The molecular formula is C12H9BrFNO. The molecule has 2 rings (SSSR count). The molecule has 0 aliphatic heterocycles. The first-order valence-corrected chi connectivity index (χ1v) is 5.53. The van der Waals surface area contributed by atoms with Crippen LogP contribution in [0.2, 0.25) is 0 Å². The van der Waals surface area contributed by atoms with E-state index in [4.69, 9.17) is 4.74 Å². The van der Waals surface area contributed by atoms with Gasteiger partial charge < -0.3 is 4.74 Å². The molecule has 0 saturated heterocycles. The van der Waals surface area contributed by atoms with Crippen molar-refractivity contribution in [3.8, 4) is 5.75 Å². The third-order valence-electron chi connectivity index (χ3n) is 1.99. The van der Waals surface area contributed by atoms with Gasteiger partial charge >= 0.3 is 0 Å². The average molecular weight is 282 g/mol. The molecule has 0 aliphatic rings. The van der Waals surface area contributed by atoms with Crippen molar-refractivity contribution < 1.29 is 9.13 Å². The average Bonchev–Trinajstić information content (AvgIpc) is 2.28. The molecule has 1 heterocycles. The predicted octanol–water partition coefficient (Wildman–Crippen LogP) is 3.56. The second-order valence-corrected chi connectivity index (χ2v) is 4.10. The molecule has 0 spiro atoms. The van der Waals surface area contributed by atoms with Gasteiger partial charge in [-0.25, -0.2) is 4.39 Å². The zero-order valence-corrected chi connectivity index (χ0v) is 9.95. The highest BCUT2D eigenvalue weighted by molar-refractivity contribution is 9.10. The Bertz CT molecular complexity index is 490. The Morgan fingerprint density at radius 3 is 2.81 bits per heavy atom. The molecule has 0 aliphatic carbocycles. The fraction of sp³-hybridized carbons (Fsp3) is 0.0833. The quantitative estimate of drug-likeness (QED) is 0.858. The Hall–Kier alpha value is -1.42. The third-order valence-corrected chi connectivity index (χ3v) is 2.48. The molecule has 1 aromatic heterocycles. The van der Waals surface area contributed by atoms with E-state index in [-0.39, 0.29) is 18.2 Å². The van der Waals surface area contributed by atoms with Gasteiger partial charge in [-0.3, -0.25) is 4.98 Å². The van der Waals surface area contributed by atoms with Gasteiger partial charge in [-0.15, -0.1) is 0 Å². The van der Waals surface area contributed by atoms with Crippen LogP contribution in [0.4, 0.5) is 4.39 Å². The van der Waals surface area contributed by atoms with Crippen molar-refractivity contribution in [3.63, 3.8) is 0 Å². The number of rotatable bonds is 3. The number of aromatic nitrogens is 1. The first-order chi connectivity index (χ1) is 7.75. The van der Waals surface area contributed by atoms with Gasteiger partial charge in [-0.2, -0.15) is 0 Å². The van der Waals surface area contributed by atoms with Crippen molar-refractivity contribution in [2.75, 3.05) is 0 Å². The van der Waals surface area contributed by atoms with Crippen LogP contribution in [0.25, 0.3) is 0 Å². The standard InChI is InChI=1S/C12H9BrFNO/c13-9-5-6-15-10(7-9)8-16-12-4-2-1-3-11(12)14/h1-7H,8H2. The van der Waals surface area contributed by atoms with E-state index in [1.54, 1.807) is 24.4 Å². The monoisotopic (exact) mass is 281 g/mol. The second-order valence-electron chi connectivity index (χ2n) is 3.18. The van der Waals surface area contributed by atoms with Crippen molar-refractivity contribution in [1.82, 2.24) is 4.98 Å². The maximum atomic E-state index is 13.2. The van der Waals surface area contributed by atoms with E-state index in [1.165, 1.54) is 6.07 Å². The van der Waals surface area contributed by atoms with Crippen molar-refractivity contribution in [1.29, 1.82) is 0 Å². The summed E-state index contributed by atoms with van der Waals surface area (Å²) in [5.41, 5.74) is 0.748. The minimum absolute atomic E-state index is 0.240. The lowest BCUT2D eigenvalue weighted by atomic mass is 10.3. The van der Waals surface area contributed by atoms with Crippen LogP contribution >= 0.6 is 15.9 Å². The van der Waals surface area contributed by atoms with Crippen LogP contribution in [0, 0.1) is 5.82 Å². The van der Waals surface area contributed by atoms with Gasteiger partial charge in [0, 0.05) is 10.7 Å². The van der Waals surface area contributed by atoms with Gasteiger partial charge in [-0.05, 0) is 24.3 Å². The molecule has 0 radical (unpaired) electrons. The number of hydrogen-bond donors (Lipinski definition) is 0. The SMILES string of the molecule is Fc1ccccc1OCc1cc(Br)ccn1. The van der Waals surface area contributed by atoms with Gasteiger partial charge in [0.05, 0.1) is 5.69 Å². The fourth-order valence-corrected chi connectivity index (χ4v) is 1.62. The van der Waals surface area contributed by atoms with E-state index >= 15 is 0 Å². The maximum absolute atomic E-state index is 13.2. The molecule has 0 saturated carbocycles. The molecule has 16 heavy (non-hydrogen) atoms. The summed E-state index contributed by atoms with van der Waals surface area (Å²) in [6, 6.07) is 9.97. The molecular weight excluding hydrogens is 273 g/mol. The largest absolute Gasteiger partial charge is 0.484 e. The number of para-hydroxylation sites is 1. The molecule has 82 valence electrons. The summed E-state index contributed by atoms with van der Waals surface area (Å²) >= 11 is 3.33. The van der Waals surface area contributed by atoms with Crippen LogP contribution < -0.4 is 4.74 Å². The van der Waals surface area contributed by atoms with Gasteiger partial charge in [0.25, 0.3) is 0 Å². The fourth-order valence-electron chi connectivity index (χ4n) is 1.24. The lowest BCUT2D eigenvalue weighted by Crippen LogP contribution is -1.99. The number of halogens is 2. The van der Waals surface area contributed by atoms with Crippen LogP contribution in [0.5, 0.6) is 5.75 Å². The summed E-state index contributed by atoms with van der Waals surface area (Å²) in [6.07, 6.45) is 1.67. The second kappa shape index (κ2) is 5.07.